The molecule has 1 N–H and O–H groups in total. The second-order valence-corrected chi connectivity index (χ2v) is 9.57. The lowest BCUT2D eigenvalue weighted by molar-refractivity contribution is -0.119. The van der Waals surface area contributed by atoms with E-state index < -0.39 is 28.5 Å². The van der Waals surface area contributed by atoms with Gasteiger partial charge in [0.1, 0.15) is 4.90 Å². The molecule has 3 rings (SSSR count). The third kappa shape index (κ3) is 5.13. The first-order valence-electron chi connectivity index (χ1n) is 9.21. The summed E-state index contributed by atoms with van der Waals surface area (Å²) in [7, 11) is -3.80. The minimum absolute atomic E-state index is 0.0108. The Kier molecular flexibility index (Phi) is 7.02. The maximum absolute atomic E-state index is 12.8. The highest BCUT2D eigenvalue weighted by Gasteiger charge is 2.30. The average molecular weight is 471 g/mol. The SMILES string of the molecule is Cc1ccc(NC(=O)COC(=O)c2ccc(Cl)c(S(=O)(=O)N3CCCC3)c2)cc1Cl. The van der Waals surface area contributed by atoms with E-state index in [2.05, 4.69) is 5.32 Å². The Hall–Kier alpha value is -2.13. The average Bonchev–Trinajstić information content (AvgIpc) is 3.25. The summed E-state index contributed by atoms with van der Waals surface area (Å²) in [6.45, 7) is 2.12. The van der Waals surface area contributed by atoms with Crippen LogP contribution >= 0.6 is 23.2 Å². The number of halogens is 2. The smallest absolute Gasteiger partial charge is 0.338 e. The molecule has 1 fully saturated rings. The number of amides is 1. The number of aryl methyl sites for hydroxylation is 1. The highest BCUT2D eigenvalue weighted by Crippen LogP contribution is 2.28. The zero-order chi connectivity index (χ0) is 21.9. The lowest BCUT2D eigenvalue weighted by Gasteiger charge is -2.17. The molecule has 1 aliphatic rings. The Balaban J connectivity index is 1.66. The second-order valence-electron chi connectivity index (χ2n) is 6.84. The fraction of sp³-hybridized carbons (Fsp3) is 0.300. The number of ether oxygens (including phenoxy) is 1. The zero-order valence-electron chi connectivity index (χ0n) is 16.2. The number of carbonyl (C=O) groups is 2. The predicted molar refractivity (Wildman–Crippen MR) is 115 cm³/mol. The molecular formula is C20H20Cl2N2O5S. The van der Waals surface area contributed by atoms with Gasteiger partial charge in [0.05, 0.1) is 10.6 Å². The summed E-state index contributed by atoms with van der Waals surface area (Å²) in [5.41, 5.74) is 1.32. The molecule has 1 heterocycles. The van der Waals surface area contributed by atoms with Crippen molar-refractivity contribution in [1.29, 1.82) is 0 Å². The molecular weight excluding hydrogens is 451 g/mol. The van der Waals surface area contributed by atoms with Crippen molar-refractivity contribution >= 4 is 50.8 Å². The van der Waals surface area contributed by atoms with E-state index in [0.29, 0.717) is 23.8 Å². The van der Waals surface area contributed by atoms with Crippen LogP contribution in [0.25, 0.3) is 0 Å². The number of hydrogen-bond acceptors (Lipinski definition) is 5. The summed E-state index contributed by atoms with van der Waals surface area (Å²) >= 11 is 12.1. The molecule has 0 unspecified atom stereocenters. The van der Waals surface area contributed by atoms with E-state index in [0.717, 1.165) is 18.4 Å². The molecule has 0 aliphatic carbocycles. The van der Waals surface area contributed by atoms with Crippen molar-refractivity contribution in [3.05, 3.63) is 57.6 Å². The Morgan fingerprint density at radius 3 is 2.43 bits per heavy atom. The molecule has 2 aromatic rings. The summed E-state index contributed by atoms with van der Waals surface area (Å²) in [4.78, 5) is 24.2. The highest BCUT2D eigenvalue weighted by molar-refractivity contribution is 7.89. The van der Waals surface area contributed by atoms with Crippen LogP contribution < -0.4 is 5.32 Å². The Bertz CT molecular complexity index is 1080. The summed E-state index contributed by atoms with van der Waals surface area (Å²) in [6, 6.07) is 8.87. The molecule has 0 radical (unpaired) electrons. The summed E-state index contributed by atoms with van der Waals surface area (Å²) in [5.74, 6) is -1.39. The zero-order valence-corrected chi connectivity index (χ0v) is 18.5. The molecule has 0 spiro atoms. The van der Waals surface area contributed by atoms with E-state index in [4.69, 9.17) is 27.9 Å². The van der Waals surface area contributed by atoms with E-state index in [-0.39, 0.29) is 15.5 Å². The van der Waals surface area contributed by atoms with Crippen LogP contribution in [0.1, 0.15) is 28.8 Å². The second kappa shape index (κ2) is 9.34. The van der Waals surface area contributed by atoms with Crippen molar-refractivity contribution in [3.8, 4) is 0 Å². The van der Waals surface area contributed by atoms with Gasteiger partial charge in [-0.15, -0.1) is 0 Å². The number of nitrogens with one attached hydrogen (secondary N) is 1. The third-order valence-corrected chi connectivity index (χ3v) is 7.43. The number of carbonyl (C=O) groups excluding carboxylic acids is 2. The van der Waals surface area contributed by atoms with Crippen LogP contribution in [0.4, 0.5) is 5.69 Å². The molecule has 1 aliphatic heterocycles. The molecule has 0 aromatic heterocycles. The number of nitrogens with zero attached hydrogens (tertiary/aromatic N) is 1. The molecule has 30 heavy (non-hydrogen) atoms. The lowest BCUT2D eigenvalue weighted by atomic mass is 10.2. The Morgan fingerprint density at radius 2 is 1.77 bits per heavy atom. The van der Waals surface area contributed by atoms with Crippen LogP contribution in [0.15, 0.2) is 41.3 Å². The van der Waals surface area contributed by atoms with Gasteiger partial charge in [-0.05, 0) is 55.7 Å². The molecule has 0 bridgehead atoms. The van der Waals surface area contributed by atoms with Crippen molar-refractivity contribution < 1.29 is 22.7 Å². The van der Waals surface area contributed by atoms with E-state index in [1.165, 1.54) is 22.5 Å². The quantitative estimate of drug-likeness (QED) is 0.646. The number of sulfonamides is 1. The van der Waals surface area contributed by atoms with E-state index in [1.807, 2.05) is 6.92 Å². The Labute approximate surface area is 185 Å². The molecule has 2 aromatic carbocycles. The van der Waals surface area contributed by atoms with Gasteiger partial charge in [-0.2, -0.15) is 4.31 Å². The van der Waals surface area contributed by atoms with Crippen molar-refractivity contribution in [1.82, 2.24) is 4.31 Å². The Morgan fingerprint density at radius 1 is 1.07 bits per heavy atom. The van der Waals surface area contributed by atoms with Crippen LogP contribution in [-0.2, 0) is 19.6 Å². The minimum Gasteiger partial charge on any atom is -0.452 e. The number of benzene rings is 2. The van der Waals surface area contributed by atoms with E-state index in [9.17, 15) is 18.0 Å². The fourth-order valence-corrected chi connectivity index (χ4v) is 5.18. The van der Waals surface area contributed by atoms with Crippen molar-refractivity contribution in [2.75, 3.05) is 25.0 Å². The first-order chi connectivity index (χ1) is 14.2. The van der Waals surface area contributed by atoms with E-state index in [1.54, 1.807) is 18.2 Å². The lowest BCUT2D eigenvalue weighted by Crippen LogP contribution is -2.28. The topological polar surface area (TPSA) is 92.8 Å². The number of esters is 1. The monoisotopic (exact) mass is 470 g/mol. The summed E-state index contributed by atoms with van der Waals surface area (Å²) in [6.07, 6.45) is 1.56. The van der Waals surface area contributed by atoms with Crippen molar-refractivity contribution in [3.63, 3.8) is 0 Å². The largest absolute Gasteiger partial charge is 0.452 e. The van der Waals surface area contributed by atoms with Gasteiger partial charge < -0.3 is 10.1 Å². The van der Waals surface area contributed by atoms with Crippen molar-refractivity contribution in [2.24, 2.45) is 0 Å². The van der Waals surface area contributed by atoms with Crippen LogP contribution in [-0.4, -0.2) is 44.3 Å². The molecule has 1 amide bonds. The number of rotatable bonds is 6. The fourth-order valence-electron chi connectivity index (χ4n) is 2.98. The molecule has 10 heteroatoms. The normalized spacial score (nSPS) is 14.5. The molecule has 160 valence electrons. The first kappa shape index (κ1) is 22.6. The number of hydrogen-bond donors (Lipinski definition) is 1. The summed E-state index contributed by atoms with van der Waals surface area (Å²) < 4.78 is 31.9. The molecule has 0 atom stereocenters. The minimum atomic E-state index is -3.80. The van der Waals surface area contributed by atoms with Gasteiger partial charge in [0, 0.05) is 23.8 Å². The molecule has 0 saturated carbocycles. The predicted octanol–water partition coefficient (Wildman–Crippen LogP) is 3.88. The molecule has 1 saturated heterocycles. The first-order valence-corrected chi connectivity index (χ1v) is 11.4. The maximum Gasteiger partial charge on any atom is 0.338 e. The van der Waals surface area contributed by atoms with Gasteiger partial charge in [-0.1, -0.05) is 29.3 Å². The van der Waals surface area contributed by atoms with Crippen LogP contribution in [0.5, 0.6) is 0 Å². The van der Waals surface area contributed by atoms with Gasteiger partial charge in [0.15, 0.2) is 6.61 Å². The van der Waals surface area contributed by atoms with Gasteiger partial charge in [-0.3, -0.25) is 4.79 Å². The maximum atomic E-state index is 12.8. The van der Waals surface area contributed by atoms with Crippen LogP contribution in [0, 0.1) is 6.92 Å². The standard InChI is InChI=1S/C20H20Cl2N2O5S/c1-13-4-6-15(11-17(13)22)23-19(25)12-29-20(26)14-5-7-16(21)18(10-14)30(27,28)24-8-2-3-9-24/h4-7,10-11H,2-3,8-9,12H2,1H3,(H,23,25). The van der Waals surface area contributed by atoms with Gasteiger partial charge >= 0.3 is 5.97 Å². The van der Waals surface area contributed by atoms with Gasteiger partial charge in [0.25, 0.3) is 5.91 Å². The van der Waals surface area contributed by atoms with Crippen LogP contribution in [0.2, 0.25) is 10.0 Å². The van der Waals surface area contributed by atoms with Crippen LogP contribution in [0.3, 0.4) is 0 Å². The van der Waals surface area contributed by atoms with Gasteiger partial charge in [-0.25, -0.2) is 13.2 Å². The third-order valence-electron chi connectivity index (χ3n) is 4.64. The van der Waals surface area contributed by atoms with Crippen molar-refractivity contribution in [2.45, 2.75) is 24.7 Å². The molecule has 7 nitrogen and oxygen atoms in total. The summed E-state index contributed by atoms with van der Waals surface area (Å²) in [5, 5.41) is 3.09. The van der Waals surface area contributed by atoms with E-state index >= 15 is 0 Å². The number of anilines is 1. The van der Waals surface area contributed by atoms with Gasteiger partial charge in [0.2, 0.25) is 10.0 Å². The highest BCUT2D eigenvalue weighted by atomic mass is 35.5.